The van der Waals surface area contributed by atoms with Crippen molar-refractivity contribution in [3.05, 3.63) is 35.0 Å². The number of nitrogens with two attached hydrogens (primary N) is 1. The van der Waals surface area contributed by atoms with Crippen molar-refractivity contribution < 1.29 is 4.42 Å². The molecule has 0 spiro atoms. The zero-order valence-electron chi connectivity index (χ0n) is 11.4. The van der Waals surface area contributed by atoms with Gasteiger partial charge in [0.1, 0.15) is 11.3 Å². The maximum absolute atomic E-state index is 6.30. The van der Waals surface area contributed by atoms with Crippen LogP contribution in [0.15, 0.2) is 28.7 Å². The number of benzene rings is 1. The van der Waals surface area contributed by atoms with E-state index in [1.54, 1.807) is 0 Å². The lowest BCUT2D eigenvalue weighted by Crippen LogP contribution is -2.37. The molecule has 2 nitrogen and oxygen atoms in total. The van der Waals surface area contributed by atoms with Gasteiger partial charge in [0.05, 0.1) is 0 Å². The molecular weight excluding hydrogens is 258 g/mol. The van der Waals surface area contributed by atoms with Gasteiger partial charge < -0.3 is 10.2 Å². The summed E-state index contributed by atoms with van der Waals surface area (Å²) in [5.41, 5.74) is 7.54. The second-order valence-corrected chi connectivity index (χ2v) is 6.94. The monoisotopic (exact) mass is 277 g/mol. The van der Waals surface area contributed by atoms with Crippen LogP contribution in [-0.4, -0.2) is 6.04 Å². The molecule has 0 saturated heterocycles. The fraction of sp³-hybridized carbons (Fsp3) is 0.500. The molecule has 3 heteroatoms. The third-order valence-corrected chi connectivity index (χ3v) is 4.54. The molecule has 0 bridgehead atoms. The van der Waals surface area contributed by atoms with Crippen LogP contribution < -0.4 is 5.73 Å². The Morgan fingerprint density at radius 1 is 1.32 bits per heavy atom. The van der Waals surface area contributed by atoms with Crippen LogP contribution >= 0.6 is 11.6 Å². The lowest BCUT2D eigenvalue weighted by atomic mass is 9.69. The molecule has 2 aromatic rings. The van der Waals surface area contributed by atoms with Crippen LogP contribution in [0.4, 0.5) is 0 Å². The topological polar surface area (TPSA) is 39.2 Å². The predicted octanol–water partition coefficient (Wildman–Crippen LogP) is 4.71. The van der Waals surface area contributed by atoms with Gasteiger partial charge in [-0.3, -0.25) is 0 Å². The smallest absolute Gasteiger partial charge is 0.134 e. The molecule has 0 aliphatic heterocycles. The molecule has 1 aromatic carbocycles. The second-order valence-electron chi connectivity index (χ2n) is 6.51. The standard InChI is InChI=1S/C16H20ClNO/c1-16(2)6-5-13(18)12(9-16)15-8-10-7-11(17)3-4-14(10)19-15/h3-4,7-8,12-13H,5-6,9,18H2,1-2H3. The zero-order chi connectivity index (χ0) is 13.6. The first-order valence-corrected chi connectivity index (χ1v) is 7.27. The van der Waals surface area contributed by atoms with Crippen LogP contribution in [-0.2, 0) is 0 Å². The van der Waals surface area contributed by atoms with E-state index in [0.29, 0.717) is 11.3 Å². The predicted molar refractivity (Wildman–Crippen MR) is 79.6 cm³/mol. The number of furan rings is 1. The van der Waals surface area contributed by atoms with Crippen LogP contribution in [0.2, 0.25) is 5.02 Å². The molecule has 0 radical (unpaired) electrons. The molecule has 1 aliphatic rings. The van der Waals surface area contributed by atoms with Gasteiger partial charge in [-0.1, -0.05) is 25.4 Å². The van der Waals surface area contributed by atoms with Gasteiger partial charge in [-0.2, -0.15) is 0 Å². The molecule has 1 aliphatic carbocycles. The maximum atomic E-state index is 6.30. The number of fused-ring (bicyclic) bond motifs is 1. The molecule has 3 rings (SSSR count). The van der Waals surface area contributed by atoms with Crippen molar-refractivity contribution in [2.45, 2.75) is 45.1 Å². The Kier molecular flexibility index (Phi) is 3.11. The molecule has 102 valence electrons. The van der Waals surface area contributed by atoms with E-state index in [0.717, 1.165) is 34.6 Å². The van der Waals surface area contributed by atoms with Crippen molar-refractivity contribution in [2.75, 3.05) is 0 Å². The third-order valence-electron chi connectivity index (χ3n) is 4.31. The van der Waals surface area contributed by atoms with Crippen LogP contribution in [0.3, 0.4) is 0 Å². The van der Waals surface area contributed by atoms with E-state index < -0.39 is 0 Å². The number of hydrogen-bond acceptors (Lipinski definition) is 2. The minimum Gasteiger partial charge on any atom is -0.461 e. The average Bonchev–Trinajstić information content (AvgIpc) is 2.75. The van der Waals surface area contributed by atoms with Crippen molar-refractivity contribution in [1.82, 2.24) is 0 Å². The van der Waals surface area contributed by atoms with E-state index in [2.05, 4.69) is 19.9 Å². The van der Waals surface area contributed by atoms with Gasteiger partial charge in [0.25, 0.3) is 0 Å². The largest absolute Gasteiger partial charge is 0.461 e. The van der Waals surface area contributed by atoms with E-state index in [1.807, 2.05) is 18.2 Å². The second kappa shape index (κ2) is 4.53. The highest BCUT2D eigenvalue weighted by atomic mass is 35.5. The minimum atomic E-state index is 0.198. The van der Waals surface area contributed by atoms with Gasteiger partial charge in [0, 0.05) is 22.4 Å². The summed E-state index contributed by atoms with van der Waals surface area (Å²) in [6.07, 6.45) is 3.34. The van der Waals surface area contributed by atoms with Gasteiger partial charge in [-0.05, 0) is 48.9 Å². The molecule has 19 heavy (non-hydrogen) atoms. The molecule has 1 fully saturated rings. The lowest BCUT2D eigenvalue weighted by molar-refractivity contribution is 0.186. The van der Waals surface area contributed by atoms with Gasteiger partial charge in [-0.15, -0.1) is 0 Å². The highest BCUT2D eigenvalue weighted by Crippen LogP contribution is 2.44. The highest BCUT2D eigenvalue weighted by Gasteiger charge is 2.35. The Balaban J connectivity index is 1.98. The molecule has 0 amide bonds. The third kappa shape index (κ3) is 2.52. The van der Waals surface area contributed by atoms with E-state index in [-0.39, 0.29) is 6.04 Å². The molecule has 2 unspecified atom stereocenters. The summed E-state index contributed by atoms with van der Waals surface area (Å²) in [6, 6.07) is 8.04. The van der Waals surface area contributed by atoms with E-state index in [4.69, 9.17) is 21.8 Å². The van der Waals surface area contributed by atoms with Crippen LogP contribution in [0.25, 0.3) is 11.0 Å². The van der Waals surface area contributed by atoms with Crippen LogP contribution in [0, 0.1) is 5.41 Å². The summed E-state index contributed by atoms with van der Waals surface area (Å²) in [6.45, 7) is 4.62. The molecule has 1 aromatic heterocycles. The first kappa shape index (κ1) is 13.0. The van der Waals surface area contributed by atoms with Crippen LogP contribution in [0.1, 0.15) is 44.8 Å². The summed E-state index contributed by atoms with van der Waals surface area (Å²) in [5.74, 6) is 1.33. The van der Waals surface area contributed by atoms with E-state index in [1.165, 1.54) is 6.42 Å². The average molecular weight is 278 g/mol. The van der Waals surface area contributed by atoms with E-state index >= 15 is 0 Å². The molecule has 1 saturated carbocycles. The van der Waals surface area contributed by atoms with Crippen molar-refractivity contribution in [1.29, 1.82) is 0 Å². The zero-order valence-corrected chi connectivity index (χ0v) is 12.2. The van der Waals surface area contributed by atoms with Crippen molar-refractivity contribution >= 4 is 22.6 Å². The highest BCUT2D eigenvalue weighted by molar-refractivity contribution is 6.31. The van der Waals surface area contributed by atoms with Gasteiger partial charge in [-0.25, -0.2) is 0 Å². The number of halogens is 1. The molecule has 2 atom stereocenters. The summed E-state index contributed by atoms with van der Waals surface area (Å²) in [4.78, 5) is 0. The Bertz CT molecular complexity index is 602. The fourth-order valence-corrected chi connectivity index (χ4v) is 3.32. The Labute approximate surface area is 118 Å². The van der Waals surface area contributed by atoms with Crippen molar-refractivity contribution in [3.8, 4) is 0 Å². The first-order chi connectivity index (χ1) is 8.94. The number of hydrogen-bond donors (Lipinski definition) is 1. The van der Waals surface area contributed by atoms with Crippen molar-refractivity contribution in [2.24, 2.45) is 11.1 Å². The summed E-state index contributed by atoms with van der Waals surface area (Å²) < 4.78 is 5.99. The fourth-order valence-electron chi connectivity index (χ4n) is 3.14. The quantitative estimate of drug-likeness (QED) is 0.820. The Morgan fingerprint density at radius 2 is 2.11 bits per heavy atom. The maximum Gasteiger partial charge on any atom is 0.134 e. The Morgan fingerprint density at radius 3 is 2.89 bits per heavy atom. The lowest BCUT2D eigenvalue weighted by Gasteiger charge is -2.38. The van der Waals surface area contributed by atoms with Gasteiger partial charge >= 0.3 is 0 Å². The first-order valence-electron chi connectivity index (χ1n) is 6.89. The number of rotatable bonds is 1. The van der Waals surface area contributed by atoms with Crippen molar-refractivity contribution in [3.63, 3.8) is 0 Å². The molecule has 2 N–H and O–H groups in total. The SMILES string of the molecule is CC1(C)CCC(N)C(c2cc3cc(Cl)ccc3o2)C1. The molecule has 1 heterocycles. The normalized spacial score (nSPS) is 26.7. The Hall–Kier alpha value is -0.990. The van der Waals surface area contributed by atoms with Gasteiger partial charge in [0.2, 0.25) is 0 Å². The summed E-state index contributed by atoms with van der Waals surface area (Å²) in [5, 5.41) is 1.81. The minimum absolute atomic E-state index is 0.198. The van der Waals surface area contributed by atoms with Crippen LogP contribution in [0.5, 0.6) is 0 Å². The molecular formula is C16H20ClNO. The van der Waals surface area contributed by atoms with Gasteiger partial charge in [0.15, 0.2) is 0 Å². The van der Waals surface area contributed by atoms with E-state index in [9.17, 15) is 0 Å². The summed E-state index contributed by atoms with van der Waals surface area (Å²) >= 11 is 6.02. The summed E-state index contributed by atoms with van der Waals surface area (Å²) in [7, 11) is 0.